The van der Waals surface area contributed by atoms with Crippen molar-refractivity contribution in [2.45, 2.75) is 34.1 Å². The number of hydrogen-bond donors (Lipinski definition) is 1. The smallest absolute Gasteiger partial charge is 0.255 e. The van der Waals surface area contributed by atoms with Gasteiger partial charge in [-0.2, -0.15) is 0 Å². The maximum Gasteiger partial charge on any atom is 0.255 e. The van der Waals surface area contributed by atoms with Crippen molar-refractivity contribution in [2.75, 3.05) is 5.32 Å². The largest absolute Gasteiger partial charge is 0.320 e. The highest BCUT2D eigenvalue weighted by Crippen LogP contribution is 2.33. The normalized spacial score (nSPS) is 10.8. The van der Waals surface area contributed by atoms with Crippen molar-refractivity contribution >= 4 is 22.9 Å². The summed E-state index contributed by atoms with van der Waals surface area (Å²) >= 11 is 1.63. The second-order valence-corrected chi connectivity index (χ2v) is 8.44. The van der Waals surface area contributed by atoms with E-state index in [1.165, 1.54) is 4.88 Å². The second-order valence-electron chi connectivity index (χ2n) is 7.36. The highest BCUT2D eigenvalue weighted by atomic mass is 32.1. The number of rotatable bonds is 5. The van der Waals surface area contributed by atoms with Crippen LogP contribution in [-0.4, -0.2) is 25.8 Å². The lowest BCUT2D eigenvalue weighted by molar-refractivity contribution is 0.102. The molecule has 4 aromatic rings. The van der Waals surface area contributed by atoms with Crippen LogP contribution in [0.15, 0.2) is 48.9 Å². The van der Waals surface area contributed by atoms with E-state index >= 15 is 0 Å². The number of benzene rings is 1. The van der Waals surface area contributed by atoms with E-state index in [9.17, 15) is 4.79 Å². The summed E-state index contributed by atoms with van der Waals surface area (Å²) in [6.07, 6.45) is 6.07. The number of aromatic nitrogens is 4. The van der Waals surface area contributed by atoms with Crippen molar-refractivity contribution in [2.24, 2.45) is 0 Å². The number of carbonyl (C=O) groups excluding carboxylic acids is 1. The Morgan fingerprint density at radius 3 is 2.35 bits per heavy atom. The molecule has 0 radical (unpaired) electrons. The summed E-state index contributed by atoms with van der Waals surface area (Å²) in [6.45, 7) is 7.91. The molecule has 7 heteroatoms. The number of amides is 1. The topological polar surface area (TPSA) is 80.7 Å². The van der Waals surface area contributed by atoms with Crippen LogP contribution in [-0.2, 0) is 6.42 Å². The molecule has 0 aliphatic carbocycles. The molecule has 0 atom stereocenters. The first-order valence-electron chi connectivity index (χ1n) is 10.1. The minimum Gasteiger partial charge on any atom is -0.320 e. The van der Waals surface area contributed by atoms with Crippen molar-refractivity contribution in [3.63, 3.8) is 0 Å². The fraction of sp³-hybridized carbons (Fsp3) is 0.208. The molecule has 0 aliphatic heterocycles. The first-order valence-corrected chi connectivity index (χ1v) is 10.9. The number of nitrogens with zero attached hydrogens (tertiary/aromatic N) is 4. The number of anilines is 1. The summed E-state index contributed by atoms with van der Waals surface area (Å²) in [6, 6.07) is 9.47. The summed E-state index contributed by atoms with van der Waals surface area (Å²) in [4.78, 5) is 31.7. The van der Waals surface area contributed by atoms with Gasteiger partial charge < -0.3 is 5.32 Å². The Bertz CT molecular complexity index is 1230. The molecule has 0 unspecified atom stereocenters. The number of thiazole rings is 1. The van der Waals surface area contributed by atoms with Gasteiger partial charge >= 0.3 is 0 Å². The lowest BCUT2D eigenvalue weighted by Gasteiger charge is -2.09. The van der Waals surface area contributed by atoms with Gasteiger partial charge in [-0.3, -0.25) is 19.7 Å². The Kier molecular flexibility index (Phi) is 5.86. The molecule has 1 aromatic carbocycles. The first-order chi connectivity index (χ1) is 14.9. The average molecular weight is 430 g/mol. The molecule has 0 aliphatic rings. The number of carbonyl (C=O) groups is 1. The SMILES string of the molecule is CCc1sc(-c2cnc(C)cn2)nc1-c1ccc(C(=O)Nc2cnc(C)cc2C)cc1. The summed E-state index contributed by atoms with van der Waals surface area (Å²) in [5, 5.41) is 3.79. The van der Waals surface area contributed by atoms with Gasteiger partial charge in [0, 0.05) is 27.9 Å². The minimum atomic E-state index is -0.162. The van der Waals surface area contributed by atoms with Gasteiger partial charge in [-0.15, -0.1) is 11.3 Å². The predicted molar refractivity (Wildman–Crippen MR) is 124 cm³/mol. The van der Waals surface area contributed by atoms with Crippen LogP contribution in [0.4, 0.5) is 5.69 Å². The Morgan fingerprint density at radius 2 is 1.71 bits per heavy atom. The maximum atomic E-state index is 12.7. The first kappa shape index (κ1) is 20.8. The third-order valence-electron chi connectivity index (χ3n) is 4.93. The Hall–Kier alpha value is -3.45. The molecule has 0 bridgehead atoms. The Morgan fingerprint density at radius 1 is 0.968 bits per heavy atom. The number of pyridine rings is 1. The van der Waals surface area contributed by atoms with Gasteiger partial charge in [0.1, 0.15) is 10.7 Å². The Labute approximate surface area is 185 Å². The van der Waals surface area contributed by atoms with Gasteiger partial charge in [0.2, 0.25) is 0 Å². The van der Waals surface area contributed by atoms with Crippen LogP contribution in [0.1, 0.15) is 39.1 Å². The van der Waals surface area contributed by atoms with Crippen LogP contribution in [0.25, 0.3) is 22.0 Å². The van der Waals surface area contributed by atoms with Gasteiger partial charge in [-0.05, 0) is 51.0 Å². The van der Waals surface area contributed by atoms with Gasteiger partial charge in [-0.1, -0.05) is 19.1 Å². The molecular formula is C24H23N5OS. The standard InChI is InChI=1S/C24H23N5OS/c1-5-21-22(29-24(31-21)20-13-26-16(4)11-27-20)17-6-8-18(9-7-17)23(30)28-19-12-25-15(3)10-14(19)2/h6-13H,5H2,1-4H3,(H,28,30). The van der Waals surface area contributed by atoms with Crippen molar-refractivity contribution < 1.29 is 4.79 Å². The van der Waals surface area contributed by atoms with Gasteiger partial charge in [-0.25, -0.2) is 4.98 Å². The molecular weight excluding hydrogens is 406 g/mol. The molecule has 1 amide bonds. The lowest BCUT2D eigenvalue weighted by atomic mass is 10.1. The quantitative estimate of drug-likeness (QED) is 0.459. The summed E-state index contributed by atoms with van der Waals surface area (Å²) in [5.74, 6) is -0.162. The van der Waals surface area contributed by atoms with Gasteiger partial charge in [0.05, 0.1) is 29.5 Å². The van der Waals surface area contributed by atoms with Crippen LogP contribution in [0.5, 0.6) is 0 Å². The highest BCUT2D eigenvalue weighted by Gasteiger charge is 2.15. The minimum absolute atomic E-state index is 0.162. The predicted octanol–water partition coefficient (Wildman–Crippen LogP) is 5.40. The van der Waals surface area contributed by atoms with E-state index in [0.29, 0.717) is 5.56 Å². The van der Waals surface area contributed by atoms with Gasteiger partial charge in [0.25, 0.3) is 5.91 Å². The molecule has 3 aromatic heterocycles. The van der Waals surface area contributed by atoms with Gasteiger partial charge in [0.15, 0.2) is 0 Å². The highest BCUT2D eigenvalue weighted by molar-refractivity contribution is 7.15. The summed E-state index contributed by atoms with van der Waals surface area (Å²) in [7, 11) is 0. The fourth-order valence-corrected chi connectivity index (χ4v) is 4.22. The van der Waals surface area contributed by atoms with E-state index in [4.69, 9.17) is 4.98 Å². The maximum absolute atomic E-state index is 12.7. The zero-order chi connectivity index (χ0) is 22.0. The monoisotopic (exact) mass is 429 g/mol. The second kappa shape index (κ2) is 8.73. The molecule has 6 nitrogen and oxygen atoms in total. The number of aryl methyl sites for hydroxylation is 4. The van der Waals surface area contributed by atoms with Crippen LogP contribution < -0.4 is 5.32 Å². The third kappa shape index (κ3) is 4.51. The molecule has 0 spiro atoms. The van der Waals surface area contributed by atoms with E-state index in [2.05, 4.69) is 27.2 Å². The molecule has 1 N–H and O–H groups in total. The van der Waals surface area contributed by atoms with E-state index in [1.807, 2.05) is 51.1 Å². The van der Waals surface area contributed by atoms with E-state index < -0.39 is 0 Å². The molecule has 4 rings (SSSR count). The van der Waals surface area contributed by atoms with Crippen molar-refractivity contribution in [1.29, 1.82) is 0 Å². The number of nitrogens with one attached hydrogen (secondary N) is 1. The molecule has 31 heavy (non-hydrogen) atoms. The zero-order valence-electron chi connectivity index (χ0n) is 17.9. The molecule has 0 saturated heterocycles. The van der Waals surface area contributed by atoms with Crippen LogP contribution >= 0.6 is 11.3 Å². The summed E-state index contributed by atoms with van der Waals surface area (Å²) in [5.41, 5.74) is 6.76. The molecule has 0 saturated carbocycles. The molecule has 0 fully saturated rings. The van der Waals surface area contributed by atoms with Crippen LogP contribution in [0, 0.1) is 20.8 Å². The van der Waals surface area contributed by atoms with Crippen LogP contribution in [0.2, 0.25) is 0 Å². The van der Waals surface area contributed by atoms with Crippen molar-refractivity contribution in [1.82, 2.24) is 19.9 Å². The van der Waals surface area contributed by atoms with E-state index in [1.54, 1.807) is 29.9 Å². The molecule has 156 valence electrons. The zero-order valence-corrected chi connectivity index (χ0v) is 18.7. The van der Waals surface area contributed by atoms with Crippen LogP contribution in [0.3, 0.4) is 0 Å². The van der Waals surface area contributed by atoms with Crippen molar-refractivity contribution in [3.8, 4) is 22.0 Å². The Balaban J connectivity index is 1.57. The number of hydrogen-bond acceptors (Lipinski definition) is 6. The van der Waals surface area contributed by atoms with E-state index in [0.717, 1.165) is 51.0 Å². The van der Waals surface area contributed by atoms with E-state index in [-0.39, 0.29) is 5.91 Å². The summed E-state index contributed by atoms with van der Waals surface area (Å²) < 4.78 is 0. The third-order valence-corrected chi connectivity index (χ3v) is 6.16. The fourth-order valence-electron chi connectivity index (χ4n) is 3.23. The van der Waals surface area contributed by atoms with Crippen molar-refractivity contribution in [3.05, 3.63) is 76.3 Å². The lowest BCUT2D eigenvalue weighted by Crippen LogP contribution is -2.13. The molecule has 3 heterocycles. The average Bonchev–Trinajstić information content (AvgIpc) is 3.21.